The SMILES string of the molecule is CCCCN(C)c1ccc([N+](=O)[O-])c(C=O)c1. The number of nitro benzene ring substituents is 1. The first-order valence-electron chi connectivity index (χ1n) is 5.55. The maximum atomic E-state index is 10.8. The fourth-order valence-corrected chi connectivity index (χ4v) is 1.56. The summed E-state index contributed by atoms with van der Waals surface area (Å²) in [6.45, 7) is 2.97. The molecule has 0 unspecified atom stereocenters. The van der Waals surface area contributed by atoms with Crippen LogP contribution >= 0.6 is 0 Å². The molecule has 0 radical (unpaired) electrons. The molecule has 0 spiro atoms. The topological polar surface area (TPSA) is 63.4 Å². The van der Waals surface area contributed by atoms with Gasteiger partial charge in [-0.25, -0.2) is 0 Å². The summed E-state index contributed by atoms with van der Waals surface area (Å²) in [5, 5.41) is 10.7. The molecule has 92 valence electrons. The molecule has 1 aromatic carbocycles. The maximum Gasteiger partial charge on any atom is 0.280 e. The minimum absolute atomic E-state index is 0.121. The predicted molar refractivity (Wildman–Crippen MR) is 66.7 cm³/mol. The third-order valence-corrected chi connectivity index (χ3v) is 2.62. The first kappa shape index (κ1) is 13.2. The Bertz CT molecular complexity index is 418. The smallest absolute Gasteiger partial charge is 0.280 e. The molecule has 0 aliphatic carbocycles. The Morgan fingerprint density at radius 3 is 2.71 bits per heavy atom. The van der Waals surface area contributed by atoms with E-state index in [0.717, 1.165) is 25.1 Å². The third-order valence-electron chi connectivity index (χ3n) is 2.62. The number of nitrogens with zero attached hydrogens (tertiary/aromatic N) is 2. The van der Waals surface area contributed by atoms with Gasteiger partial charge in [0.2, 0.25) is 0 Å². The molecule has 0 saturated carbocycles. The van der Waals surface area contributed by atoms with Crippen molar-refractivity contribution in [1.82, 2.24) is 0 Å². The van der Waals surface area contributed by atoms with Crippen LogP contribution in [0.15, 0.2) is 18.2 Å². The molecule has 0 N–H and O–H groups in total. The quantitative estimate of drug-likeness (QED) is 0.432. The zero-order valence-corrected chi connectivity index (χ0v) is 10.0. The van der Waals surface area contributed by atoms with Gasteiger partial charge in [0.25, 0.3) is 5.69 Å². The van der Waals surface area contributed by atoms with Gasteiger partial charge >= 0.3 is 0 Å². The van der Waals surface area contributed by atoms with Crippen molar-refractivity contribution in [2.75, 3.05) is 18.5 Å². The van der Waals surface area contributed by atoms with Crippen LogP contribution in [0, 0.1) is 10.1 Å². The normalized spacial score (nSPS) is 10.0. The zero-order chi connectivity index (χ0) is 12.8. The van der Waals surface area contributed by atoms with Gasteiger partial charge in [-0.1, -0.05) is 13.3 Å². The van der Waals surface area contributed by atoms with E-state index in [-0.39, 0.29) is 11.3 Å². The van der Waals surface area contributed by atoms with Crippen LogP contribution in [0.25, 0.3) is 0 Å². The number of anilines is 1. The van der Waals surface area contributed by atoms with Crippen LogP contribution in [0.5, 0.6) is 0 Å². The van der Waals surface area contributed by atoms with Crippen LogP contribution in [-0.4, -0.2) is 24.8 Å². The van der Waals surface area contributed by atoms with Gasteiger partial charge in [-0.15, -0.1) is 0 Å². The fourth-order valence-electron chi connectivity index (χ4n) is 1.56. The summed E-state index contributed by atoms with van der Waals surface area (Å²) in [6.07, 6.45) is 2.65. The third kappa shape index (κ3) is 3.27. The first-order chi connectivity index (χ1) is 8.10. The van der Waals surface area contributed by atoms with Gasteiger partial charge < -0.3 is 4.90 Å². The van der Waals surface area contributed by atoms with Crippen molar-refractivity contribution >= 4 is 17.7 Å². The van der Waals surface area contributed by atoms with Crippen molar-refractivity contribution in [3.8, 4) is 0 Å². The maximum absolute atomic E-state index is 10.8. The van der Waals surface area contributed by atoms with Crippen molar-refractivity contribution in [2.24, 2.45) is 0 Å². The van der Waals surface area contributed by atoms with Crippen LogP contribution in [0.4, 0.5) is 11.4 Å². The largest absolute Gasteiger partial charge is 0.375 e. The molecular formula is C12H16N2O3. The Hall–Kier alpha value is -1.91. The molecule has 1 rings (SSSR count). The summed E-state index contributed by atoms with van der Waals surface area (Å²) < 4.78 is 0. The van der Waals surface area contributed by atoms with Crippen molar-refractivity contribution in [3.05, 3.63) is 33.9 Å². The molecule has 0 atom stereocenters. The van der Waals surface area contributed by atoms with Crippen molar-refractivity contribution in [3.63, 3.8) is 0 Å². The number of hydrogen-bond acceptors (Lipinski definition) is 4. The number of nitro groups is 1. The molecular weight excluding hydrogens is 220 g/mol. The van der Waals surface area contributed by atoms with E-state index in [1.54, 1.807) is 12.1 Å². The molecule has 0 fully saturated rings. The van der Waals surface area contributed by atoms with Crippen LogP contribution in [-0.2, 0) is 0 Å². The van der Waals surface area contributed by atoms with Gasteiger partial charge in [-0.2, -0.15) is 0 Å². The van der Waals surface area contributed by atoms with Crippen LogP contribution in [0.2, 0.25) is 0 Å². The Kier molecular flexibility index (Phi) is 4.63. The monoisotopic (exact) mass is 236 g/mol. The van der Waals surface area contributed by atoms with Gasteiger partial charge in [0, 0.05) is 25.3 Å². The van der Waals surface area contributed by atoms with Crippen molar-refractivity contribution < 1.29 is 9.72 Å². The highest BCUT2D eigenvalue weighted by Crippen LogP contribution is 2.23. The molecule has 0 amide bonds. The summed E-state index contributed by atoms with van der Waals surface area (Å²) in [4.78, 5) is 22.9. The van der Waals surface area contributed by atoms with E-state index >= 15 is 0 Å². The molecule has 0 bridgehead atoms. The van der Waals surface area contributed by atoms with Crippen molar-refractivity contribution in [2.45, 2.75) is 19.8 Å². The van der Waals surface area contributed by atoms with E-state index in [1.165, 1.54) is 6.07 Å². The second kappa shape index (κ2) is 5.98. The highest BCUT2D eigenvalue weighted by Gasteiger charge is 2.14. The molecule has 5 nitrogen and oxygen atoms in total. The summed E-state index contributed by atoms with van der Waals surface area (Å²) in [5.74, 6) is 0. The molecule has 1 aromatic rings. The summed E-state index contributed by atoms with van der Waals surface area (Å²) in [5.41, 5.74) is 0.801. The lowest BCUT2D eigenvalue weighted by Crippen LogP contribution is -2.18. The number of aldehydes is 1. The van der Waals surface area contributed by atoms with Gasteiger partial charge in [0.15, 0.2) is 6.29 Å². The minimum Gasteiger partial charge on any atom is -0.375 e. The Morgan fingerprint density at radius 1 is 1.47 bits per heavy atom. The predicted octanol–water partition coefficient (Wildman–Crippen LogP) is 2.64. The van der Waals surface area contributed by atoms with Crippen molar-refractivity contribution in [1.29, 1.82) is 0 Å². The summed E-state index contributed by atoms with van der Waals surface area (Å²) >= 11 is 0. The molecule has 5 heteroatoms. The minimum atomic E-state index is -0.542. The first-order valence-corrected chi connectivity index (χ1v) is 5.55. The lowest BCUT2D eigenvalue weighted by molar-refractivity contribution is -0.385. The Morgan fingerprint density at radius 2 is 2.18 bits per heavy atom. The van der Waals surface area contributed by atoms with E-state index in [4.69, 9.17) is 0 Å². The standard InChI is InChI=1S/C12H16N2O3/c1-3-4-7-13(2)11-5-6-12(14(16)17)10(8-11)9-15/h5-6,8-9H,3-4,7H2,1-2H3. The number of rotatable bonds is 6. The van der Waals surface area contributed by atoms with Gasteiger partial charge in [-0.05, 0) is 18.6 Å². The van der Waals surface area contributed by atoms with Gasteiger partial charge in [0.05, 0.1) is 10.5 Å². The van der Waals surface area contributed by atoms with Crippen LogP contribution in [0.1, 0.15) is 30.1 Å². The average molecular weight is 236 g/mol. The number of carbonyl (C=O) groups is 1. The lowest BCUT2D eigenvalue weighted by atomic mass is 10.1. The zero-order valence-electron chi connectivity index (χ0n) is 10.0. The number of benzene rings is 1. The molecule has 0 aromatic heterocycles. The van der Waals surface area contributed by atoms with E-state index < -0.39 is 4.92 Å². The van der Waals surface area contributed by atoms with E-state index in [0.29, 0.717) is 6.29 Å². The van der Waals surface area contributed by atoms with Crippen LogP contribution < -0.4 is 4.90 Å². The van der Waals surface area contributed by atoms with E-state index in [1.807, 2.05) is 11.9 Å². The lowest BCUT2D eigenvalue weighted by Gasteiger charge is -2.19. The average Bonchev–Trinajstić information content (AvgIpc) is 2.34. The molecule has 17 heavy (non-hydrogen) atoms. The molecule has 0 saturated heterocycles. The van der Waals surface area contributed by atoms with E-state index in [2.05, 4.69) is 6.92 Å². The second-order valence-electron chi connectivity index (χ2n) is 3.89. The summed E-state index contributed by atoms with van der Waals surface area (Å²) in [7, 11) is 1.91. The van der Waals surface area contributed by atoms with E-state index in [9.17, 15) is 14.9 Å². The van der Waals surface area contributed by atoms with Crippen LogP contribution in [0.3, 0.4) is 0 Å². The fraction of sp³-hybridized carbons (Fsp3) is 0.417. The summed E-state index contributed by atoms with van der Waals surface area (Å²) in [6, 6.07) is 4.60. The molecule has 0 aliphatic heterocycles. The number of hydrogen-bond donors (Lipinski definition) is 0. The Balaban J connectivity index is 2.96. The van der Waals surface area contributed by atoms with Gasteiger partial charge in [0.1, 0.15) is 0 Å². The Labute approximate surface area is 100 Å². The highest BCUT2D eigenvalue weighted by atomic mass is 16.6. The molecule has 0 heterocycles. The second-order valence-corrected chi connectivity index (χ2v) is 3.89. The number of unbranched alkanes of at least 4 members (excludes halogenated alkanes) is 1. The highest BCUT2D eigenvalue weighted by molar-refractivity contribution is 5.83. The molecule has 0 aliphatic rings. The number of carbonyl (C=O) groups excluding carboxylic acids is 1. The van der Waals surface area contributed by atoms with Gasteiger partial charge in [-0.3, -0.25) is 14.9 Å².